The summed E-state index contributed by atoms with van der Waals surface area (Å²) in [6.45, 7) is 4.58. The highest BCUT2D eigenvalue weighted by Gasteiger charge is 2.40. The van der Waals surface area contributed by atoms with Crippen molar-refractivity contribution in [1.29, 1.82) is 0 Å². The Balaban J connectivity index is 1.42. The molecule has 3 fully saturated rings. The summed E-state index contributed by atoms with van der Waals surface area (Å²) in [5, 5.41) is 4.61. The molecule has 0 saturated carbocycles. The molecule has 3 aliphatic heterocycles. The molecule has 2 unspecified atom stereocenters. The molecule has 1 N–H and O–H groups in total. The monoisotopic (exact) mass is 393 g/mol. The third-order valence-corrected chi connectivity index (χ3v) is 7.54. The molecule has 2 atom stereocenters. The standard InChI is InChI=1S/C18H20ClN3OS2/c1-11-17(12-7-9-22(11)10-8-12)21-18(23)13-5-6-16(24-13)25-15-4-2-3-14(19)20-15/h2-6,11-12,17H,7-10H2,1H3,(H,21,23). The summed E-state index contributed by atoms with van der Waals surface area (Å²) in [6.07, 6.45) is 2.39. The van der Waals surface area contributed by atoms with E-state index in [1.807, 2.05) is 24.3 Å². The van der Waals surface area contributed by atoms with E-state index >= 15 is 0 Å². The van der Waals surface area contributed by atoms with E-state index in [0.29, 0.717) is 17.1 Å². The molecular weight excluding hydrogens is 374 g/mol. The van der Waals surface area contributed by atoms with E-state index in [1.54, 1.807) is 6.07 Å². The summed E-state index contributed by atoms with van der Waals surface area (Å²) in [4.78, 5) is 20.2. The SMILES string of the molecule is CC1C(NC(=O)c2ccc(Sc3cccc(Cl)n3)s2)C2CCN1CC2. The number of nitrogens with zero attached hydrogens (tertiary/aromatic N) is 2. The van der Waals surface area contributed by atoms with Gasteiger partial charge >= 0.3 is 0 Å². The number of aromatic nitrogens is 1. The van der Waals surface area contributed by atoms with Crippen LogP contribution in [0.1, 0.15) is 29.4 Å². The lowest BCUT2D eigenvalue weighted by Crippen LogP contribution is -2.62. The molecule has 4 nitrogen and oxygen atoms in total. The van der Waals surface area contributed by atoms with Crippen LogP contribution >= 0.6 is 34.7 Å². The van der Waals surface area contributed by atoms with E-state index < -0.39 is 0 Å². The Morgan fingerprint density at radius 3 is 2.84 bits per heavy atom. The zero-order chi connectivity index (χ0) is 17.4. The van der Waals surface area contributed by atoms with Crippen molar-refractivity contribution in [3.8, 4) is 0 Å². The summed E-state index contributed by atoms with van der Waals surface area (Å²) >= 11 is 8.97. The Hall–Kier alpha value is -1.08. The number of nitrogens with one attached hydrogen (secondary N) is 1. The first-order valence-electron chi connectivity index (χ1n) is 8.55. The van der Waals surface area contributed by atoms with Gasteiger partial charge in [-0.05, 0) is 63.0 Å². The Bertz CT molecular complexity index is 771. The highest BCUT2D eigenvalue weighted by Crippen LogP contribution is 2.34. The van der Waals surface area contributed by atoms with E-state index in [0.717, 1.165) is 14.1 Å². The first kappa shape index (κ1) is 17.3. The van der Waals surface area contributed by atoms with E-state index in [4.69, 9.17) is 11.6 Å². The summed E-state index contributed by atoms with van der Waals surface area (Å²) in [5.41, 5.74) is 0. The van der Waals surface area contributed by atoms with Gasteiger partial charge in [-0.15, -0.1) is 11.3 Å². The predicted molar refractivity (Wildman–Crippen MR) is 103 cm³/mol. The average molecular weight is 394 g/mol. The molecule has 0 radical (unpaired) electrons. The maximum atomic E-state index is 12.7. The van der Waals surface area contributed by atoms with Crippen LogP contribution < -0.4 is 5.32 Å². The van der Waals surface area contributed by atoms with E-state index in [2.05, 4.69) is 22.1 Å². The van der Waals surface area contributed by atoms with Gasteiger partial charge in [0.1, 0.15) is 10.2 Å². The maximum Gasteiger partial charge on any atom is 0.261 e. The number of hydrogen-bond donors (Lipinski definition) is 1. The largest absolute Gasteiger partial charge is 0.347 e. The number of carbonyl (C=O) groups is 1. The van der Waals surface area contributed by atoms with Crippen LogP contribution in [0.3, 0.4) is 0 Å². The number of amides is 1. The molecule has 2 bridgehead atoms. The number of carbonyl (C=O) groups excluding carboxylic acids is 1. The van der Waals surface area contributed by atoms with Crippen molar-refractivity contribution in [3.63, 3.8) is 0 Å². The highest BCUT2D eigenvalue weighted by atomic mass is 35.5. The number of halogens is 1. The lowest BCUT2D eigenvalue weighted by molar-refractivity contribution is 0.0218. The second-order valence-electron chi connectivity index (χ2n) is 6.63. The van der Waals surface area contributed by atoms with Crippen LogP contribution in [-0.4, -0.2) is 41.0 Å². The van der Waals surface area contributed by atoms with E-state index in [-0.39, 0.29) is 11.9 Å². The second kappa shape index (κ2) is 7.27. The topological polar surface area (TPSA) is 45.2 Å². The molecule has 3 aliphatic rings. The number of thiophene rings is 1. The molecule has 0 spiro atoms. The summed E-state index contributed by atoms with van der Waals surface area (Å²) < 4.78 is 1.04. The van der Waals surface area contributed by atoms with Crippen molar-refractivity contribution in [2.75, 3.05) is 13.1 Å². The fourth-order valence-electron chi connectivity index (χ4n) is 3.81. The van der Waals surface area contributed by atoms with Gasteiger partial charge in [0.25, 0.3) is 5.91 Å². The van der Waals surface area contributed by atoms with Gasteiger partial charge < -0.3 is 5.32 Å². The summed E-state index contributed by atoms with van der Waals surface area (Å²) in [6, 6.07) is 10.1. The molecule has 2 aromatic rings. The minimum absolute atomic E-state index is 0.0431. The van der Waals surface area contributed by atoms with Crippen LogP contribution in [0, 0.1) is 5.92 Å². The number of rotatable bonds is 4. The number of pyridine rings is 1. The van der Waals surface area contributed by atoms with Crippen molar-refractivity contribution < 1.29 is 4.79 Å². The fraction of sp³-hybridized carbons (Fsp3) is 0.444. The Morgan fingerprint density at radius 2 is 2.12 bits per heavy atom. The normalized spacial score (nSPS) is 28.1. The Morgan fingerprint density at radius 1 is 1.32 bits per heavy atom. The van der Waals surface area contributed by atoms with E-state index in [9.17, 15) is 4.79 Å². The van der Waals surface area contributed by atoms with Crippen LogP contribution in [0.25, 0.3) is 0 Å². The van der Waals surface area contributed by atoms with Crippen molar-refractivity contribution in [2.45, 2.75) is 41.1 Å². The molecule has 25 heavy (non-hydrogen) atoms. The Kier molecular flexibility index (Phi) is 5.04. The molecule has 7 heteroatoms. The van der Waals surface area contributed by atoms with Gasteiger partial charge in [-0.25, -0.2) is 4.98 Å². The van der Waals surface area contributed by atoms with Gasteiger partial charge in [0.15, 0.2) is 0 Å². The van der Waals surface area contributed by atoms with Gasteiger partial charge in [-0.2, -0.15) is 0 Å². The van der Waals surface area contributed by atoms with Crippen LogP contribution in [0.15, 0.2) is 39.6 Å². The highest BCUT2D eigenvalue weighted by molar-refractivity contribution is 8.01. The molecule has 5 rings (SSSR count). The molecule has 0 aliphatic carbocycles. The lowest BCUT2D eigenvalue weighted by atomic mass is 9.79. The molecule has 2 aromatic heterocycles. The minimum Gasteiger partial charge on any atom is -0.347 e. The van der Waals surface area contributed by atoms with Crippen molar-refractivity contribution in [2.24, 2.45) is 5.92 Å². The fourth-order valence-corrected chi connectivity index (χ4v) is 5.99. The van der Waals surface area contributed by atoms with E-state index in [1.165, 1.54) is 49.0 Å². The van der Waals surface area contributed by atoms with Gasteiger partial charge in [-0.3, -0.25) is 9.69 Å². The van der Waals surface area contributed by atoms with Gasteiger partial charge in [0, 0.05) is 12.1 Å². The van der Waals surface area contributed by atoms with Crippen molar-refractivity contribution in [1.82, 2.24) is 15.2 Å². The molecule has 1 amide bonds. The predicted octanol–water partition coefficient (Wildman–Crippen LogP) is 4.16. The zero-order valence-electron chi connectivity index (χ0n) is 13.9. The summed E-state index contributed by atoms with van der Waals surface area (Å²) in [7, 11) is 0. The third-order valence-electron chi connectivity index (χ3n) is 5.18. The van der Waals surface area contributed by atoms with Gasteiger partial charge in [-0.1, -0.05) is 29.4 Å². The molecule has 0 aromatic carbocycles. The molecule has 5 heterocycles. The first-order valence-corrected chi connectivity index (χ1v) is 10.6. The van der Waals surface area contributed by atoms with Crippen LogP contribution in [-0.2, 0) is 0 Å². The lowest BCUT2D eigenvalue weighted by Gasteiger charge is -2.49. The second-order valence-corrected chi connectivity index (χ2v) is 9.42. The smallest absolute Gasteiger partial charge is 0.261 e. The Labute approximate surface area is 161 Å². The average Bonchev–Trinajstić information content (AvgIpc) is 3.07. The molecule has 132 valence electrons. The first-order chi connectivity index (χ1) is 12.1. The summed E-state index contributed by atoms with van der Waals surface area (Å²) in [5.74, 6) is 0.662. The van der Waals surface area contributed by atoms with Gasteiger partial charge in [0.2, 0.25) is 0 Å². The van der Waals surface area contributed by atoms with Crippen molar-refractivity contribution in [3.05, 3.63) is 40.4 Å². The third kappa shape index (κ3) is 3.72. The molecule has 3 saturated heterocycles. The quantitative estimate of drug-likeness (QED) is 0.792. The van der Waals surface area contributed by atoms with Crippen LogP contribution in [0.4, 0.5) is 0 Å². The number of piperidine rings is 3. The zero-order valence-corrected chi connectivity index (χ0v) is 16.3. The van der Waals surface area contributed by atoms with Gasteiger partial charge in [0.05, 0.1) is 9.09 Å². The van der Waals surface area contributed by atoms with Crippen LogP contribution in [0.5, 0.6) is 0 Å². The number of fused-ring (bicyclic) bond motifs is 3. The van der Waals surface area contributed by atoms with Crippen LogP contribution in [0.2, 0.25) is 5.15 Å². The molecular formula is C18H20ClN3OS2. The minimum atomic E-state index is 0.0431. The maximum absolute atomic E-state index is 12.7. The number of hydrogen-bond acceptors (Lipinski definition) is 5. The van der Waals surface area contributed by atoms with Crippen molar-refractivity contribution >= 4 is 40.6 Å².